The Morgan fingerprint density at radius 3 is 3.21 bits per heavy atom. The molecule has 1 aromatic heterocycles. The van der Waals surface area contributed by atoms with Crippen molar-refractivity contribution in [1.29, 1.82) is 0 Å². The van der Waals surface area contributed by atoms with Gasteiger partial charge in [-0.15, -0.1) is 0 Å². The molecule has 0 amide bonds. The first-order chi connectivity index (χ1) is 9.11. The number of halogens is 1. The van der Waals surface area contributed by atoms with Crippen LogP contribution in [0.25, 0.3) is 0 Å². The van der Waals surface area contributed by atoms with E-state index in [2.05, 4.69) is 16.8 Å². The number of ether oxygens (including phenoxy) is 1. The molecule has 19 heavy (non-hydrogen) atoms. The molecule has 0 radical (unpaired) electrons. The Morgan fingerprint density at radius 2 is 2.47 bits per heavy atom. The third-order valence-corrected chi connectivity index (χ3v) is 3.34. The van der Waals surface area contributed by atoms with Crippen LogP contribution in [0.3, 0.4) is 0 Å². The van der Waals surface area contributed by atoms with Crippen LogP contribution < -0.4 is 5.73 Å². The molecule has 1 saturated heterocycles. The zero-order valence-electron chi connectivity index (χ0n) is 10.9. The molecule has 1 fully saturated rings. The molecule has 104 valence electrons. The largest absolute Gasteiger partial charge is 0.383 e. The lowest BCUT2D eigenvalue weighted by molar-refractivity contribution is -0.0163. The van der Waals surface area contributed by atoms with Gasteiger partial charge in [-0.25, -0.2) is 4.98 Å². The number of rotatable bonds is 4. The average molecular weight is 284 g/mol. The quantitative estimate of drug-likeness (QED) is 0.850. The van der Waals surface area contributed by atoms with E-state index in [1.165, 1.54) is 6.20 Å². The van der Waals surface area contributed by atoms with Crippen molar-refractivity contribution in [3.05, 3.63) is 22.8 Å². The van der Waals surface area contributed by atoms with E-state index in [9.17, 15) is 4.79 Å². The Kier molecular flexibility index (Phi) is 4.74. The monoisotopic (exact) mass is 283 g/mol. The first-order valence-corrected chi connectivity index (χ1v) is 6.78. The van der Waals surface area contributed by atoms with Gasteiger partial charge in [0.25, 0.3) is 0 Å². The number of hydrogen-bond donors (Lipinski definition) is 1. The van der Waals surface area contributed by atoms with Crippen LogP contribution in [0, 0.1) is 0 Å². The van der Waals surface area contributed by atoms with E-state index >= 15 is 0 Å². The van der Waals surface area contributed by atoms with Crippen LogP contribution in [-0.2, 0) is 4.74 Å². The lowest BCUT2D eigenvalue weighted by Gasteiger charge is -2.31. The van der Waals surface area contributed by atoms with Crippen LogP contribution in [0.1, 0.15) is 23.7 Å². The Labute approximate surface area is 117 Å². The highest BCUT2D eigenvalue weighted by Gasteiger charge is 2.28. The van der Waals surface area contributed by atoms with Gasteiger partial charge in [-0.3, -0.25) is 9.69 Å². The zero-order valence-corrected chi connectivity index (χ0v) is 11.7. The van der Waals surface area contributed by atoms with E-state index in [4.69, 9.17) is 22.1 Å². The summed E-state index contributed by atoms with van der Waals surface area (Å²) in [5.41, 5.74) is 6.07. The smallest absolute Gasteiger partial charge is 0.196 e. The lowest BCUT2D eigenvalue weighted by atomic mass is 10.1. The number of anilines is 1. The first kappa shape index (κ1) is 14.2. The van der Waals surface area contributed by atoms with E-state index in [0.29, 0.717) is 23.7 Å². The van der Waals surface area contributed by atoms with E-state index < -0.39 is 6.10 Å². The van der Waals surface area contributed by atoms with Crippen molar-refractivity contribution >= 4 is 23.2 Å². The fourth-order valence-corrected chi connectivity index (χ4v) is 2.36. The van der Waals surface area contributed by atoms with E-state index in [-0.39, 0.29) is 11.6 Å². The van der Waals surface area contributed by atoms with Crippen LogP contribution in [-0.4, -0.2) is 48.0 Å². The molecule has 0 spiro atoms. The first-order valence-electron chi connectivity index (χ1n) is 6.41. The minimum Gasteiger partial charge on any atom is -0.383 e. The molecule has 1 atom stereocenters. The van der Waals surface area contributed by atoms with Crippen molar-refractivity contribution in [2.24, 2.45) is 0 Å². The number of carbonyl (C=O) groups excluding carboxylic acids is 1. The van der Waals surface area contributed by atoms with Crippen LogP contribution >= 0.6 is 11.6 Å². The summed E-state index contributed by atoms with van der Waals surface area (Å²) >= 11 is 5.86. The number of morpholine rings is 1. The molecule has 1 aliphatic heterocycles. The lowest BCUT2D eigenvalue weighted by Crippen LogP contribution is -2.46. The summed E-state index contributed by atoms with van der Waals surface area (Å²) in [7, 11) is 0. The summed E-state index contributed by atoms with van der Waals surface area (Å²) in [6.07, 6.45) is 2.00. The molecular formula is C13H18ClN3O2. The van der Waals surface area contributed by atoms with Gasteiger partial charge in [0.1, 0.15) is 11.9 Å². The van der Waals surface area contributed by atoms with Gasteiger partial charge in [0.2, 0.25) is 0 Å². The SMILES string of the molecule is CCCN1CCOC(C(=O)c2cc(Cl)cnc2N)C1. The molecule has 1 unspecified atom stereocenters. The molecule has 1 aromatic rings. The van der Waals surface area contributed by atoms with Crippen LogP contribution in [0.2, 0.25) is 5.02 Å². The van der Waals surface area contributed by atoms with Crippen molar-refractivity contribution in [3.63, 3.8) is 0 Å². The molecule has 2 heterocycles. The fraction of sp³-hybridized carbons (Fsp3) is 0.538. The summed E-state index contributed by atoms with van der Waals surface area (Å²) in [5, 5.41) is 0.402. The van der Waals surface area contributed by atoms with Gasteiger partial charge in [-0.1, -0.05) is 18.5 Å². The summed E-state index contributed by atoms with van der Waals surface area (Å²) in [6, 6.07) is 1.55. The highest BCUT2D eigenvalue weighted by molar-refractivity contribution is 6.31. The summed E-state index contributed by atoms with van der Waals surface area (Å²) in [6.45, 7) is 5.10. The van der Waals surface area contributed by atoms with Crippen molar-refractivity contribution < 1.29 is 9.53 Å². The van der Waals surface area contributed by atoms with Gasteiger partial charge in [-0.05, 0) is 19.0 Å². The maximum atomic E-state index is 12.4. The summed E-state index contributed by atoms with van der Waals surface area (Å²) in [4.78, 5) is 18.5. The maximum absolute atomic E-state index is 12.4. The number of ketones is 1. The number of nitrogen functional groups attached to an aromatic ring is 1. The predicted octanol–water partition coefficient (Wildman–Crippen LogP) is 1.61. The zero-order chi connectivity index (χ0) is 13.8. The highest BCUT2D eigenvalue weighted by Crippen LogP contribution is 2.19. The summed E-state index contributed by atoms with van der Waals surface area (Å²) < 4.78 is 5.55. The standard InChI is InChI=1S/C13H18ClN3O2/c1-2-3-17-4-5-19-11(8-17)12(18)10-6-9(14)7-16-13(10)15/h6-7,11H,2-5,8H2,1H3,(H2,15,16). The topological polar surface area (TPSA) is 68.5 Å². The molecular weight excluding hydrogens is 266 g/mol. The average Bonchev–Trinajstić information content (AvgIpc) is 2.41. The third-order valence-electron chi connectivity index (χ3n) is 3.13. The molecule has 5 nitrogen and oxygen atoms in total. The second-order valence-corrected chi connectivity index (χ2v) is 5.05. The van der Waals surface area contributed by atoms with Crippen molar-refractivity contribution in [2.75, 3.05) is 32.0 Å². The number of carbonyl (C=O) groups is 1. The van der Waals surface area contributed by atoms with Gasteiger partial charge in [0.05, 0.1) is 17.2 Å². The fourth-order valence-electron chi connectivity index (χ4n) is 2.20. The third kappa shape index (κ3) is 3.43. The van der Waals surface area contributed by atoms with Gasteiger partial charge in [0, 0.05) is 19.3 Å². The Balaban J connectivity index is 2.12. The van der Waals surface area contributed by atoms with E-state index in [1.807, 2.05) is 0 Å². The normalized spacial score (nSPS) is 20.4. The van der Waals surface area contributed by atoms with Crippen molar-refractivity contribution in [1.82, 2.24) is 9.88 Å². The second-order valence-electron chi connectivity index (χ2n) is 4.61. The van der Waals surface area contributed by atoms with Gasteiger partial charge in [-0.2, -0.15) is 0 Å². The van der Waals surface area contributed by atoms with Crippen LogP contribution in [0.15, 0.2) is 12.3 Å². The van der Waals surface area contributed by atoms with Crippen LogP contribution in [0.5, 0.6) is 0 Å². The molecule has 6 heteroatoms. The molecule has 0 bridgehead atoms. The number of hydrogen-bond acceptors (Lipinski definition) is 5. The Bertz CT molecular complexity index is 465. The molecule has 0 saturated carbocycles. The molecule has 2 N–H and O–H groups in total. The van der Waals surface area contributed by atoms with E-state index in [0.717, 1.165) is 19.5 Å². The number of pyridine rings is 1. The Morgan fingerprint density at radius 1 is 1.68 bits per heavy atom. The minimum atomic E-state index is -0.483. The minimum absolute atomic E-state index is 0.145. The predicted molar refractivity (Wildman–Crippen MR) is 74.5 cm³/mol. The Hall–Kier alpha value is -1.17. The van der Waals surface area contributed by atoms with Crippen LogP contribution in [0.4, 0.5) is 5.82 Å². The molecule has 0 aromatic carbocycles. The number of nitrogens with two attached hydrogens (primary N) is 1. The van der Waals surface area contributed by atoms with Gasteiger partial charge in [0.15, 0.2) is 5.78 Å². The highest BCUT2D eigenvalue weighted by atomic mass is 35.5. The van der Waals surface area contributed by atoms with E-state index in [1.54, 1.807) is 6.07 Å². The molecule has 0 aliphatic carbocycles. The molecule has 1 aliphatic rings. The maximum Gasteiger partial charge on any atom is 0.196 e. The number of aromatic nitrogens is 1. The summed E-state index contributed by atoms with van der Waals surface area (Å²) in [5.74, 6) is 0.0546. The molecule has 2 rings (SSSR count). The van der Waals surface area contributed by atoms with Gasteiger partial charge < -0.3 is 10.5 Å². The van der Waals surface area contributed by atoms with Crippen molar-refractivity contribution in [3.8, 4) is 0 Å². The number of Topliss-reactive ketones (excluding diaryl/α,β-unsaturated/α-hetero) is 1. The number of nitrogens with zero attached hydrogens (tertiary/aromatic N) is 2. The van der Waals surface area contributed by atoms with Crippen molar-refractivity contribution in [2.45, 2.75) is 19.4 Å². The second kappa shape index (κ2) is 6.32. The van der Waals surface area contributed by atoms with Gasteiger partial charge >= 0.3 is 0 Å².